The molecule has 0 saturated carbocycles. The predicted octanol–water partition coefficient (Wildman–Crippen LogP) is 4.86. The van der Waals surface area contributed by atoms with Crippen LogP contribution in [0.4, 0.5) is 0 Å². The lowest BCUT2D eigenvalue weighted by Crippen LogP contribution is -2.10. The normalized spacial score (nSPS) is 10.9. The summed E-state index contributed by atoms with van der Waals surface area (Å²) >= 11 is 0. The molecule has 0 aliphatic rings. The maximum atomic E-state index is 12.3. The Morgan fingerprint density at radius 3 is 1.32 bits per heavy atom. The van der Waals surface area contributed by atoms with Crippen LogP contribution < -0.4 is 0 Å². The van der Waals surface area contributed by atoms with E-state index in [1.165, 1.54) is 23.2 Å². The van der Waals surface area contributed by atoms with Crippen molar-refractivity contribution < 1.29 is 9.59 Å². The highest BCUT2D eigenvalue weighted by Crippen LogP contribution is 2.28. The van der Waals surface area contributed by atoms with Crippen LogP contribution in [0.25, 0.3) is 45.6 Å². The fraction of sp³-hybridized carbons (Fsp3) is 0.0769. The second-order valence-electron chi connectivity index (χ2n) is 7.69. The van der Waals surface area contributed by atoms with Crippen LogP contribution >= 0.6 is 0 Å². The third kappa shape index (κ3) is 3.93. The highest BCUT2D eigenvalue weighted by Gasteiger charge is 2.20. The molecular formula is C26H20N6O2. The molecule has 0 aliphatic heterocycles. The third-order valence-corrected chi connectivity index (χ3v) is 5.25. The highest BCUT2D eigenvalue weighted by atomic mass is 16.2. The monoisotopic (exact) mass is 448 g/mol. The molecular weight excluding hydrogens is 428 g/mol. The van der Waals surface area contributed by atoms with Gasteiger partial charge in [-0.3, -0.25) is 9.59 Å². The van der Waals surface area contributed by atoms with Gasteiger partial charge in [-0.15, -0.1) is 10.2 Å². The zero-order valence-corrected chi connectivity index (χ0v) is 18.6. The van der Waals surface area contributed by atoms with Crippen molar-refractivity contribution in [1.82, 2.24) is 29.5 Å². The van der Waals surface area contributed by atoms with E-state index in [0.717, 1.165) is 11.1 Å². The van der Waals surface area contributed by atoms with Gasteiger partial charge >= 0.3 is 0 Å². The Balaban J connectivity index is 1.62. The number of benzene rings is 3. The van der Waals surface area contributed by atoms with Crippen LogP contribution in [0.15, 0.2) is 84.9 Å². The molecule has 0 unspecified atom stereocenters. The summed E-state index contributed by atoms with van der Waals surface area (Å²) in [6.45, 7) is 2.88. The molecule has 166 valence electrons. The Bertz CT molecular complexity index is 1390. The molecule has 0 aliphatic carbocycles. The molecule has 8 nitrogen and oxygen atoms in total. The first-order valence-electron chi connectivity index (χ1n) is 10.7. The molecule has 0 radical (unpaired) electrons. The van der Waals surface area contributed by atoms with Crippen molar-refractivity contribution in [3.63, 3.8) is 0 Å². The number of nitrogens with zero attached hydrogens (tertiary/aromatic N) is 6. The number of aromatic nitrogens is 6. The maximum Gasteiger partial charge on any atom is 0.245 e. The van der Waals surface area contributed by atoms with Crippen molar-refractivity contribution in [2.24, 2.45) is 0 Å². The molecule has 0 saturated heterocycles. The van der Waals surface area contributed by atoms with E-state index in [4.69, 9.17) is 0 Å². The molecule has 2 aromatic heterocycles. The summed E-state index contributed by atoms with van der Waals surface area (Å²) < 4.78 is 2.57. The van der Waals surface area contributed by atoms with Gasteiger partial charge in [0.1, 0.15) is 0 Å². The topological polar surface area (TPSA) is 95.6 Å². The van der Waals surface area contributed by atoms with Crippen molar-refractivity contribution in [1.29, 1.82) is 0 Å². The van der Waals surface area contributed by atoms with E-state index in [9.17, 15) is 9.59 Å². The van der Waals surface area contributed by atoms with E-state index in [2.05, 4.69) is 20.2 Å². The minimum absolute atomic E-state index is 0.256. The molecule has 3 aromatic carbocycles. The first kappa shape index (κ1) is 21.1. The van der Waals surface area contributed by atoms with Crippen LogP contribution in [0, 0.1) is 0 Å². The largest absolute Gasteiger partial charge is 0.273 e. The predicted molar refractivity (Wildman–Crippen MR) is 128 cm³/mol. The van der Waals surface area contributed by atoms with Gasteiger partial charge in [-0.25, -0.2) is 9.97 Å². The Hall–Kier alpha value is -4.72. The van der Waals surface area contributed by atoms with Crippen molar-refractivity contribution in [2.75, 3.05) is 0 Å². The standard InChI is InChI=1S/C26H20N6O2/c1-17(33)31-25(27-23(29-31)19-10-5-3-6-11-19)21-14-9-15-22(16-21)26-28-24(30-32(26)18(2)34)20-12-7-4-8-13-20/h3-16H,1-2H3. The lowest BCUT2D eigenvalue weighted by Gasteiger charge is -2.05. The fourth-order valence-corrected chi connectivity index (χ4v) is 3.65. The number of hydrogen-bond acceptors (Lipinski definition) is 6. The van der Waals surface area contributed by atoms with E-state index >= 15 is 0 Å². The van der Waals surface area contributed by atoms with E-state index in [1.54, 1.807) is 0 Å². The Morgan fingerprint density at radius 1 is 0.559 bits per heavy atom. The SMILES string of the molecule is CC(=O)n1nc(-c2ccccc2)nc1-c1cccc(-c2nc(-c3ccccc3)nn2C(C)=O)c1. The fourth-order valence-electron chi connectivity index (χ4n) is 3.65. The van der Waals surface area contributed by atoms with E-state index in [1.807, 2.05) is 84.9 Å². The Labute approximate surface area is 195 Å². The minimum Gasteiger partial charge on any atom is -0.273 e. The number of carbonyl (C=O) groups is 2. The smallest absolute Gasteiger partial charge is 0.245 e. The van der Waals surface area contributed by atoms with Crippen molar-refractivity contribution in [2.45, 2.75) is 13.8 Å². The average molecular weight is 448 g/mol. The van der Waals surface area contributed by atoms with E-state index in [-0.39, 0.29) is 11.8 Å². The summed E-state index contributed by atoms with van der Waals surface area (Å²) in [5, 5.41) is 8.83. The first-order chi connectivity index (χ1) is 16.5. The zero-order chi connectivity index (χ0) is 23.7. The molecule has 5 rings (SSSR count). The maximum absolute atomic E-state index is 12.3. The second kappa shape index (κ2) is 8.67. The molecule has 8 heteroatoms. The molecule has 2 heterocycles. The van der Waals surface area contributed by atoms with Gasteiger partial charge in [-0.1, -0.05) is 78.9 Å². The Kier molecular flexibility index (Phi) is 5.39. The lowest BCUT2D eigenvalue weighted by atomic mass is 10.1. The van der Waals surface area contributed by atoms with Gasteiger partial charge in [-0.05, 0) is 6.07 Å². The summed E-state index contributed by atoms with van der Waals surface area (Å²) in [6, 6.07) is 26.3. The molecule has 0 fully saturated rings. The van der Waals surface area contributed by atoms with Gasteiger partial charge in [0.15, 0.2) is 23.3 Å². The van der Waals surface area contributed by atoms with E-state index < -0.39 is 0 Å². The van der Waals surface area contributed by atoms with Crippen molar-refractivity contribution >= 4 is 11.8 Å². The van der Waals surface area contributed by atoms with Crippen LogP contribution in [0.2, 0.25) is 0 Å². The summed E-state index contributed by atoms with van der Waals surface area (Å²) in [5.41, 5.74) is 2.95. The van der Waals surface area contributed by atoms with E-state index in [0.29, 0.717) is 34.4 Å². The number of rotatable bonds is 4. The van der Waals surface area contributed by atoms with Gasteiger partial charge in [0.25, 0.3) is 0 Å². The second-order valence-corrected chi connectivity index (χ2v) is 7.69. The third-order valence-electron chi connectivity index (χ3n) is 5.25. The van der Waals surface area contributed by atoms with Crippen molar-refractivity contribution in [3.8, 4) is 45.6 Å². The molecule has 0 atom stereocenters. The number of hydrogen-bond donors (Lipinski definition) is 0. The van der Waals surface area contributed by atoms with Crippen LogP contribution in [0.5, 0.6) is 0 Å². The average Bonchev–Trinajstić information content (AvgIpc) is 3.51. The molecule has 5 aromatic rings. The summed E-state index contributed by atoms with van der Waals surface area (Å²) in [4.78, 5) is 33.9. The van der Waals surface area contributed by atoms with Crippen molar-refractivity contribution in [3.05, 3.63) is 84.9 Å². The summed E-state index contributed by atoms with van der Waals surface area (Å²) in [7, 11) is 0. The van der Waals surface area contributed by atoms with Gasteiger partial charge < -0.3 is 0 Å². The first-order valence-corrected chi connectivity index (χ1v) is 10.7. The highest BCUT2D eigenvalue weighted by molar-refractivity contribution is 5.84. The quantitative estimate of drug-likeness (QED) is 0.390. The van der Waals surface area contributed by atoms with Gasteiger partial charge in [0.05, 0.1) is 0 Å². The molecule has 0 bridgehead atoms. The van der Waals surface area contributed by atoms with Crippen LogP contribution in [-0.2, 0) is 0 Å². The van der Waals surface area contributed by atoms with Crippen LogP contribution in [0.1, 0.15) is 23.4 Å². The molecule has 0 spiro atoms. The zero-order valence-electron chi connectivity index (χ0n) is 18.6. The van der Waals surface area contributed by atoms with Crippen LogP contribution in [-0.4, -0.2) is 41.3 Å². The number of carbonyl (C=O) groups excluding carboxylic acids is 2. The lowest BCUT2D eigenvalue weighted by molar-refractivity contribution is 0.0915. The summed E-state index contributed by atoms with van der Waals surface area (Å²) in [6.07, 6.45) is 0. The van der Waals surface area contributed by atoms with Crippen LogP contribution in [0.3, 0.4) is 0 Å². The minimum atomic E-state index is -0.256. The molecule has 0 N–H and O–H groups in total. The Morgan fingerprint density at radius 2 is 0.941 bits per heavy atom. The molecule has 34 heavy (non-hydrogen) atoms. The van der Waals surface area contributed by atoms with Gasteiger partial charge in [0.2, 0.25) is 11.8 Å². The summed E-state index contributed by atoms with van der Waals surface area (Å²) in [5.74, 6) is 1.21. The van der Waals surface area contributed by atoms with Gasteiger partial charge in [0, 0.05) is 36.1 Å². The molecule has 0 amide bonds. The van der Waals surface area contributed by atoms with Gasteiger partial charge in [-0.2, -0.15) is 9.36 Å².